The highest BCUT2D eigenvalue weighted by atomic mass is 32.2. The van der Waals surface area contributed by atoms with Gasteiger partial charge in [-0.05, 0) is 18.2 Å². The third-order valence-corrected chi connectivity index (χ3v) is 3.25. The number of hydrogen-bond acceptors (Lipinski definition) is 5. The van der Waals surface area contributed by atoms with Crippen molar-refractivity contribution in [3.8, 4) is 5.75 Å². The molecule has 2 N–H and O–H groups in total. The van der Waals surface area contributed by atoms with E-state index in [1.54, 1.807) is 12.1 Å². The fourth-order valence-corrected chi connectivity index (χ4v) is 2.36. The van der Waals surface area contributed by atoms with E-state index < -0.39 is 5.97 Å². The van der Waals surface area contributed by atoms with E-state index in [4.69, 9.17) is 9.84 Å². The van der Waals surface area contributed by atoms with Gasteiger partial charge in [0.15, 0.2) is 5.03 Å². The van der Waals surface area contributed by atoms with Gasteiger partial charge in [-0.1, -0.05) is 17.8 Å². The average molecular weight is 278 g/mol. The third kappa shape index (κ3) is 2.94. The van der Waals surface area contributed by atoms with Gasteiger partial charge in [0, 0.05) is 4.90 Å². The summed E-state index contributed by atoms with van der Waals surface area (Å²) in [6.07, 6.45) is 1.27. The Balaban J connectivity index is 2.36. The van der Waals surface area contributed by atoms with Crippen molar-refractivity contribution in [3.63, 3.8) is 0 Å². The molecule has 6 nitrogen and oxygen atoms in total. The first kappa shape index (κ1) is 13.2. The van der Waals surface area contributed by atoms with Crippen molar-refractivity contribution in [2.45, 2.75) is 9.92 Å². The first-order chi connectivity index (χ1) is 9.11. The smallest absolute Gasteiger partial charge is 0.335 e. The number of aromatic nitrogens is 2. The van der Waals surface area contributed by atoms with Crippen LogP contribution in [0, 0.1) is 0 Å². The predicted octanol–water partition coefficient (Wildman–Crippen LogP) is 1.63. The highest BCUT2D eigenvalue weighted by Gasteiger charge is 2.11. The van der Waals surface area contributed by atoms with Crippen LogP contribution >= 0.6 is 11.8 Å². The number of aromatic carboxylic acids is 1. The maximum Gasteiger partial charge on any atom is 0.335 e. The van der Waals surface area contributed by atoms with E-state index in [0.717, 1.165) is 0 Å². The largest absolute Gasteiger partial charge is 0.489 e. The summed E-state index contributed by atoms with van der Waals surface area (Å²) in [6.45, 7) is 0. The third-order valence-electron chi connectivity index (χ3n) is 2.28. The van der Waals surface area contributed by atoms with Crippen LogP contribution in [0.25, 0.3) is 0 Å². The second-order valence-corrected chi connectivity index (χ2v) is 4.57. The normalized spacial score (nSPS) is 10.2. The molecule has 0 fully saturated rings. The lowest BCUT2D eigenvalue weighted by Gasteiger charge is -2.05. The maximum absolute atomic E-state index is 11.5. The molecule has 0 aliphatic heterocycles. The standard InChI is InChI=1S/C12H10N2O4S/c1-18-9-10(15)13-6-14-11(9)19-8-4-2-3-7(5-8)12(16)17/h2-6H,1H3,(H,16,17)(H,13,14,15). The molecule has 0 amide bonds. The predicted molar refractivity (Wildman–Crippen MR) is 68.9 cm³/mol. The lowest BCUT2D eigenvalue weighted by atomic mass is 10.2. The molecule has 0 atom stereocenters. The van der Waals surface area contributed by atoms with Crippen molar-refractivity contribution in [2.75, 3.05) is 7.11 Å². The summed E-state index contributed by atoms with van der Waals surface area (Å²) in [5.41, 5.74) is -0.205. The summed E-state index contributed by atoms with van der Waals surface area (Å²) < 4.78 is 4.98. The van der Waals surface area contributed by atoms with Crippen LogP contribution in [0.5, 0.6) is 5.75 Å². The van der Waals surface area contributed by atoms with E-state index in [1.807, 2.05) is 0 Å². The molecule has 0 saturated heterocycles. The average Bonchev–Trinajstić information content (AvgIpc) is 2.39. The molecule has 0 spiro atoms. The van der Waals surface area contributed by atoms with Gasteiger partial charge in [0.25, 0.3) is 5.56 Å². The molecular formula is C12H10N2O4S. The van der Waals surface area contributed by atoms with E-state index >= 15 is 0 Å². The van der Waals surface area contributed by atoms with Gasteiger partial charge in [0.2, 0.25) is 5.75 Å². The zero-order chi connectivity index (χ0) is 13.8. The molecule has 19 heavy (non-hydrogen) atoms. The summed E-state index contributed by atoms with van der Waals surface area (Å²) in [6, 6.07) is 6.37. The minimum absolute atomic E-state index is 0.105. The molecule has 0 unspecified atom stereocenters. The summed E-state index contributed by atoms with van der Waals surface area (Å²) in [5.74, 6) is -0.901. The molecule has 7 heteroatoms. The molecule has 1 aromatic heterocycles. The number of carboxylic acids is 1. The molecule has 2 aromatic rings. The van der Waals surface area contributed by atoms with Crippen molar-refractivity contribution >= 4 is 17.7 Å². The minimum atomic E-state index is -1.01. The fraction of sp³-hybridized carbons (Fsp3) is 0.0833. The van der Waals surface area contributed by atoms with Crippen LogP contribution in [0.2, 0.25) is 0 Å². The molecular weight excluding hydrogens is 268 g/mol. The molecule has 1 aromatic carbocycles. The maximum atomic E-state index is 11.5. The highest BCUT2D eigenvalue weighted by molar-refractivity contribution is 7.99. The minimum Gasteiger partial charge on any atom is -0.489 e. The summed E-state index contributed by atoms with van der Waals surface area (Å²) in [5, 5.41) is 9.30. The van der Waals surface area contributed by atoms with Crippen LogP contribution < -0.4 is 10.3 Å². The van der Waals surface area contributed by atoms with E-state index in [2.05, 4.69) is 9.97 Å². The highest BCUT2D eigenvalue weighted by Crippen LogP contribution is 2.30. The van der Waals surface area contributed by atoms with Gasteiger partial charge in [-0.3, -0.25) is 4.79 Å². The quantitative estimate of drug-likeness (QED) is 0.826. The fourth-order valence-electron chi connectivity index (χ4n) is 1.43. The zero-order valence-electron chi connectivity index (χ0n) is 9.91. The SMILES string of the molecule is COc1c(Sc2cccc(C(=O)O)c2)nc[nH]c1=O. The lowest BCUT2D eigenvalue weighted by Crippen LogP contribution is -2.10. The van der Waals surface area contributed by atoms with Gasteiger partial charge in [0.05, 0.1) is 19.0 Å². The summed E-state index contributed by atoms with van der Waals surface area (Å²) >= 11 is 1.17. The van der Waals surface area contributed by atoms with Gasteiger partial charge >= 0.3 is 5.97 Å². The van der Waals surface area contributed by atoms with E-state index in [1.165, 1.54) is 37.3 Å². The number of H-pyrrole nitrogens is 1. The Labute approximate surface area is 112 Å². The lowest BCUT2D eigenvalue weighted by molar-refractivity contribution is 0.0696. The van der Waals surface area contributed by atoms with Crippen molar-refractivity contribution < 1.29 is 14.6 Å². The number of benzene rings is 1. The van der Waals surface area contributed by atoms with E-state index in [-0.39, 0.29) is 16.9 Å². The molecule has 0 aliphatic carbocycles. The summed E-state index contributed by atoms with van der Waals surface area (Å²) in [7, 11) is 1.38. The molecule has 0 saturated carbocycles. The number of nitrogens with one attached hydrogen (secondary N) is 1. The number of ether oxygens (including phenoxy) is 1. The molecule has 0 aliphatic rings. The molecule has 2 rings (SSSR count). The molecule has 0 radical (unpaired) electrons. The van der Waals surface area contributed by atoms with E-state index in [0.29, 0.717) is 9.92 Å². The first-order valence-corrected chi connectivity index (χ1v) is 6.06. The second-order valence-electron chi connectivity index (χ2n) is 3.51. The van der Waals surface area contributed by atoms with Crippen LogP contribution in [0.3, 0.4) is 0 Å². The Morgan fingerprint density at radius 1 is 1.47 bits per heavy atom. The van der Waals surface area contributed by atoms with Crippen molar-refractivity contribution in [3.05, 3.63) is 46.5 Å². The molecule has 1 heterocycles. The number of aromatic amines is 1. The Morgan fingerprint density at radius 3 is 2.95 bits per heavy atom. The number of rotatable bonds is 4. The Morgan fingerprint density at radius 2 is 2.26 bits per heavy atom. The molecule has 98 valence electrons. The van der Waals surface area contributed by atoms with Crippen LogP contribution in [0.15, 0.2) is 45.3 Å². The van der Waals surface area contributed by atoms with Gasteiger partial charge in [-0.15, -0.1) is 0 Å². The van der Waals surface area contributed by atoms with Crippen LogP contribution in [0.4, 0.5) is 0 Å². The Hall–Kier alpha value is -2.28. The molecule has 0 bridgehead atoms. The second kappa shape index (κ2) is 5.57. The van der Waals surface area contributed by atoms with Crippen molar-refractivity contribution in [1.29, 1.82) is 0 Å². The van der Waals surface area contributed by atoms with Crippen molar-refractivity contribution in [1.82, 2.24) is 9.97 Å². The van der Waals surface area contributed by atoms with Crippen LogP contribution in [-0.2, 0) is 0 Å². The monoisotopic (exact) mass is 278 g/mol. The van der Waals surface area contributed by atoms with Crippen LogP contribution in [-0.4, -0.2) is 28.2 Å². The topological polar surface area (TPSA) is 92.3 Å². The number of carbonyl (C=O) groups is 1. The summed E-state index contributed by atoms with van der Waals surface area (Å²) in [4.78, 5) is 29.5. The Bertz CT molecular complexity index is 669. The number of nitrogens with zero attached hydrogens (tertiary/aromatic N) is 1. The number of methoxy groups -OCH3 is 1. The first-order valence-electron chi connectivity index (χ1n) is 5.24. The van der Waals surface area contributed by atoms with E-state index in [9.17, 15) is 9.59 Å². The van der Waals surface area contributed by atoms with Crippen molar-refractivity contribution in [2.24, 2.45) is 0 Å². The number of carboxylic acid groups (broad SMARTS) is 1. The Kier molecular flexibility index (Phi) is 3.86. The van der Waals surface area contributed by atoms with Gasteiger partial charge in [-0.2, -0.15) is 0 Å². The van der Waals surface area contributed by atoms with Gasteiger partial charge in [0.1, 0.15) is 0 Å². The number of hydrogen-bond donors (Lipinski definition) is 2. The van der Waals surface area contributed by atoms with Crippen LogP contribution in [0.1, 0.15) is 10.4 Å². The van der Waals surface area contributed by atoms with Gasteiger partial charge in [-0.25, -0.2) is 9.78 Å². The zero-order valence-corrected chi connectivity index (χ0v) is 10.7. The van der Waals surface area contributed by atoms with Gasteiger partial charge < -0.3 is 14.8 Å².